The van der Waals surface area contributed by atoms with E-state index in [4.69, 9.17) is 18.3 Å². The highest BCUT2D eigenvalue weighted by Gasteiger charge is 2.32. The Morgan fingerprint density at radius 3 is 2.67 bits per heavy atom. The number of fused-ring (bicyclic) bond motifs is 2. The van der Waals surface area contributed by atoms with E-state index in [2.05, 4.69) is 15.1 Å². The van der Waals surface area contributed by atoms with E-state index in [9.17, 15) is 8.78 Å². The fraction of sp³-hybridized carbons (Fsp3) is 0.160. The number of methoxy groups -OCH3 is 1. The summed E-state index contributed by atoms with van der Waals surface area (Å²) in [5.41, 5.74) is 2.73. The van der Waals surface area contributed by atoms with Gasteiger partial charge in [-0.25, -0.2) is 4.98 Å². The molecule has 0 saturated carbocycles. The summed E-state index contributed by atoms with van der Waals surface area (Å²) in [6.45, 7) is 0.961. The molecule has 0 radical (unpaired) electrons. The number of hydrogen-bond acceptors (Lipinski definition) is 8. The van der Waals surface area contributed by atoms with Gasteiger partial charge in [0.1, 0.15) is 34.4 Å². The van der Waals surface area contributed by atoms with Crippen molar-refractivity contribution in [3.8, 4) is 33.5 Å². The minimum absolute atomic E-state index is 0.0613. The summed E-state index contributed by atoms with van der Waals surface area (Å²) in [7, 11) is 1.55. The Hall–Kier alpha value is -4.25. The van der Waals surface area contributed by atoms with Crippen LogP contribution in [0, 0.1) is 0 Å². The van der Waals surface area contributed by atoms with E-state index in [0.717, 1.165) is 20.8 Å². The number of hydrogen-bond donors (Lipinski definition) is 0. The summed E-state index contributed by atoms with van der Waals surface area (Å²) in [6, 6.07) is 15.2. The number of furan rings is 1. The van der Waals surface area contributed by atoms with Crippen molar-refractivity contribution in [2.45, 2.75) is 19.5 Å². The molecule has 0 bridgehead atoms. The first-order valence-corrected chi connectivity index (χ1v) is 11.7. The van der Waals surface area contributed by atoms with Gasteiger partial charge in [0.05, 0.1) is 24.4 Å². The monoisotopic (exact) mass is 508 g/mol. The largest absolute Gasteiger partial charge is 0.496 e. The molecule has 11 heteroatoms. The zero-order valence-corrected chi connectivity index (χ0v) is 19.9. The molecule has 0 amide bonds. The molecule has 6 rings (SSSR count). The predicted octanol–water partition coefficient (Wildman–Crippen LogP) is 6.56. The molecule has 0 saturated heterocycles. The molecule has 6 aromatic rings. The van der Waals surface area contributed by atoms with Gasteiger partial charge < -0.3 is 18.3 Å². The molecule has 4 aromatic heterocycles. The van der Waals surface area contributed by atoms with Gasteiger partial charge in [-0.3, -0.25) is 0 Å². The Morgan fingerprint density at radius 2 is 1.92 bits per heavy atom. The number of imidazole rings is 1. The second-order valence-electron chi connectivity index (χ2n) is 8.10. The van der Waals surface area contributed by atoms with Crippen LogP contribution in [0.15, 0.2) is 68.9 Å². The SMILES string of the molecule is COc1cc(OCc2csc(-c3ccccc3)n2)c2cc(-c3cn4nc(C(C)(F)F)oc4n3)oc2c1. The average molecular weight is 509 g/mol. The molecule has 182 valence electrons. The molecule has 0 fully saturated rings. The number of halogens is 2. The van der Waals surface area contributed by atoms with Crippen LogP contribution in [0.2, 0.25) is 0 Å². The first kappa shape index (κ1) is 22.2. The normalized spacial score (nSPS) is 12.0. The van der Waals surface area contributed by atoms with Crippen molar-refractivity contribution < 1.29 is 27.1 Å². The molecule has 0 aliphatic carbocycles. The van der Waals surface area contributed by atoms with Gasteiger partial charge in [0, 0.05) is 30.0 Å². The Morgan fingerprint density at radius 1 is 1.08 bits per heavy atom. The van der Waals surface area contributed by atoms with Gasteiger partial charge in [0.15, 0.2) is 5.76 Å². The fourth-order valence-corrected chi connectivity index (χ4v) is 4.49. The van der Waals surface area contributed by atoms with Gasteiger partial charge in [0.25, 0.3) is 5.89 Å². The number of benzene rings is 2. The third-order valence-electron chi connectivity index (χ3n) is 5.43. The zero-order valence-electron chi connectivity index (χ0n) is 19.1. The van der Waals surface area contributed by atoms with Gasteiger partial charge in [0.2, 0.25) is 0 Å². The van der Waals surface area contributed by atoms with Gasteiger partial charge in [-0.15, -0.1) is 16.4 Å². The number of alkyl halides is 2. The third-order valence-corrected chi connectivity index (χ3v) is 6.37. The third kappa shape index (κ3) is 4.07. The smallest absolute Gasteiger partial charge is 0.325 e. The number of nitrogens with zero attached hydrogens (tertiary/aromatic N) is 4. The number of aromatic nitrogens is 4. The van der Waals surface area contributed by atoms with Crippen LogP contribution >= 0.6 is 11.3 Å². The standard InChI is InChI=1S/C25H18F2N4O4S/c1-25(26,27)23-30-31-11-18(29-24(31)35-23)21-10-17-19(8-16(32-2)9-20(17)34-21)33-12-15-13-36-22(28-15)14-6-4-3-5-7-14/h3-11,13H,12H2,1-2H3. The topological polar surface area (TPSA) is 87.8 Å². The van der Waals surface area contributed by atoms with Gasteiger partial charge in [-0.2, -0.15) is 18.3 Å². The van der Waals surface area contributed by atoms with Crippen LogP contribution in [0.3, 0.4) is 0 Å². The first-order valence-electron chi connectivity index (χ1n) is 10.9. The molecule has 0 aliphatic heterocycles. The second kappa shape index (κ2) is 8.45. The Balaban J connectivity index is 1.29. The summed E-state index contributed by atoms with van der Waals surface area (Å²) in [4.78, 5) is 8.90. The summed E-state index contributed by atoms with van der Waals surface area (Å²) >= 11 is 1.55. The molecule has 0 spiro atoms. The van der Waals surface area contributed by atoms with Gasteiger partial charge in [-0.05, 0) is 6.07 Å². The molecule has 0 atom stereocenters. The number of rotatable bonds is 7. The van der Waals surface area contributed by atoms with Crippen LogP contribution < -0.4 is 9.47 Å². The van der Waals surface area contributed by atoms with Crippen LogP contribution in [0.25, 0.3) is 38.8 Å². The van der Waals surface area contributed by atoms with E-state index in [0.29, 0.717) is 40.8 Å². The summed E-state index contributed by atoms with van der Waals surface area (Å²) in [5.74, 6) is -2.48. The quantitative estimate of drug-likeness (QED) is 0.241. The molecule has 0 aliphatic rings. The Kier molecular flexibility index (Phi) is 5.22. The minimum atomic E-state index is -3.21. The Labute approximate surface area is 206 Å². The molecule has 0 unspecified atom stereocenters. The number of thiazole rings is 1. The summed E-state index contributed by atoms with van der Waals surface area (Å²) in [5, 5.41) is 7.33. The van der Waals surface area contributed by atoms with Gasteiger partial charge in [-0.1, -0.05) is 30.3 Å². The van der Waals surface area contributed by atoms with Crippen LogP contribution in [0.4, 0.5) is 8.78 Å². The van der Waals surface area contributed by atoms with Crippen LogP contribution in [0.1, 0.15) is 18.5 Å². The van der Waals surface area contributed by atoms with Crippen molar-refractivity contribution in [1.29, 1.82) is 0 Å². The zero-order chi connectivity index (χ0) is 24.9. The van der Waals surface area contributed by atoms with Crippen molar-refractivity contribution in [2.24, 2.45) is 0 Å². The maximum atomic E-state index is 13.5. The highest BCUT2D eigenvalue weighted by Crippen LogP contribution is 2.37. The van der Waals surface area contributed by atoms with Crippen LogP contribution in [-0.2, 0) is 12.5 Å². The number of ether oxygens (including phenoxy) is 2. The lowest BCUT2D eigenvalue weighted by molar-refractivity contribution is -0.0101. The predicted molar refractivity (Wildman–Crippen MR) is 128 cm³/mol. The molecule has 36 heavy (non-hydrogen) atoms. The maximum absolute atomic E-state index is 13.5. The first-order chi connectivity index (χ1) is 17.4. The van der Waals surface area contributed by atoms with E-state index in [1.807, 2.05) is 35.7 Å². The molecule has 2 aromatic carbocycles. The van der Waals surface area contributed by atoms with E-state index < -0.39 is 11.8 Å². The molecule has 4 heterocycles. The lowest BCUT2D eigenvalue weighted by Gasteiger charge is -2.07. The second-order valence-corrected chi connectivity index (χ2v) is 8.95. The lowest BCUT2D eigenvalue weighted by atomic mass is 10.2. The van der Waals surface area contributed by atoms with Gasteiger partial charge >= 0.3 is 11.8 Å². The molecular weight excluding hydrogens is 490 g/mol. The van der Waals surface area contributed by atoms with Crippen molar-refractivity contribution in [1.82, 2.24) is 19.6 Å². The van der Waals surface area contributed by atoms with Crippen LogP contribution in [-0.4, -0.2) is 26.7 Å². The molecular formula is C25H18F2N4O4S. The fourth-order valence-electron chi connectivity index (χ4n) is 3.68. The van der Waals surface area contributed by atoms with E-state index in [1.54, 1.807) is 36.6 Å². The van der Waals surface area contributed by atoms with Crippen molar-refractivity contribution >= 4 is 28.2 Å². The highest BCUT2D eigenvalue weighted by molar-refractivity contribution is 7.13. The molecule has 8 nitrogen and oxygen atoms in total. The summed E-state index contributed by atoms with van der Waals surface area (Å²) in [6.07, 6.45) is 1.46. The summed E-state index contributed by atoms with van der Waals surface area (Å²) < 4.78 is 50.7. The van der Waals surface area contributed by atoms with E-state index in [1.165, 1.54) is 6.20 Å². The highest BCUT2D eigenvalue weighted by atomic mass is 32.1. The van der Waals surface area contributed by atoms with E-state index >= 15 is 0 Å². The molecule has 0 N–H and O–H groups in total. The maximum Gasteiger partial charge on any atom is 0.325 e. The minimum Gasteiger partial charge on any atom is -0.496 e. The van der Waals surface area contributed by atoms with Crippen LogP contribution in [0.5, 0.6) is 11.5 Å². The van der Waals surface area contributed by atoms with Crippen molar-refractivity contribution in [2.75, 3.05) is 7.11 Å². The van der Waals surface area contributed by atoms with Crippen molar-refractivity contribution in [3.63, 3.8) is 0 Å². The lowest BCUT2D eigenvalue weighted by Crippen LogP contribution is -2.07. The average Bonchev–Trinajstić information content (AvgIpc) is 3.64. The Bertz CT molecular complexity index is 1650. The van der Waals surface area contributed by atoms with Crippen molar-refractivity contribution in [3.05, 3.63) is 71.7 Å². The van der Waals surface area contributed by atoms with E-state index in [-0.39, 0.29) is 12.5 Å².